The molecule has 1 aliphatic carbocycles. The van der Waals surface area contributed by atoms with Crippen LogP contribution in [0.5, 0.6) is 0 Å². The molecular weight excluding hydrogens is 360 g/mol. The van der Waals surface area contributed by atoms with E-state index in [1.807, 2.05) is 43.3 Å². The first-order chi connectivity index (χ1) is 14.1. The van der Waals surface area contributed by atoms with Crippen LogP contribution in [-0.2, 0) is 6.54 Å². The molecule has 0 radical (unpaired) electrons. The molecule has 0 amide bonds. The second-order valence-corrected chi connectivity index (χ2v) is 8.29. The van der Waals surface area contributed by atoms with Gasteiger partial charge in [0.1, 0.15) is 5.82 Å². The maximum Gasteiger partial charge on any atom is 0.223 e. The average Bonchev–Trinajstić information content (AvgIpc) is 3.15. The summed E-state index contributed by atoms with van der Waals surface area (Å²) in [6.07, 6.45) is 8.67. The Kier molecular flexibility index (Phi) is 5.79. The first-order valence-electron chi connectivity index (χ1n) is 10.5. The normalized spacial score (nSPS) is 19.1. The van der Waals surface area contributed by atoms with Crippen molar-refractivity contribution < 1.29 is 0 Å². The molecule has 3 aromatic rings. The summed E-state index contributed by atoms with van der Waals surface area (Å²) in [7, 11) is 4.09. The van der Waals surface area contributed by atoms with Gasteiger partial charge in [0.2, 0.25) is 5.95 Å². The number of hydrogen-bond donors (Lipinski definition) is 1. The minimum absolute atomic E-state index is 0.468. The monoisotopic (exact) mass is 390 g/mol. The summed E-state index contributed by atoms with van der Waals surface area (Å²) in [5, 5.41) is 8.20. The molecule has 1 saturated carbocycles. The van der Waals surface area contributed by atoms with E-state index in [-0.39, 0.29) is 0 Å². The lowest BCUT2D eigenvalue weighted by Crippen LogP contribution is -2.26. The molecule has 29 heavy (non-hydrogen) atoms. The largest absolute Gasteiger partial charge is 0.362 e. The molecule has 0 spiro atoms. The Balaban J connectivity index is 1.58. The van der Waals surface area contributed by atoms with Crippen LogP contribution in [0.15, 0.2) is 48.8 Å². The van der Waals surface area contributed by atoms with Gasteiger partial charge in [-0.15, -0.1) is 0 Å². The second-order valence-electron chi connectivity index (χ2n) is 8.29. The van der Waals surface area contributed by atoms with E-state index in [1.165, 1.54) is 31.2 Å². The predicted molar refractivity (Wildman–Crippen MR) is 118 cm³/mol. The molecule has 1 aliphatic rings. The Hall–Kier alpha value is -2.89. The Bertz CT molecular complexity index is 926. The number of nitrogens with one attached hydrogen (secondary N) is 1. The van der Waals surface area contributed by atoms with Gasteiger partial charge in [0.15, 0.2) is 0 Å². The zero-order valence-electron chi connectivity index (χ0n) is 17.5. The van der Waals surface area contributed by atoms with E-state index in [1.54, 1.807) is 0 Å². The highest BCUT2D eigenvalue weighted by atomic mass is 15.4. The molecule has 4 rings (SSSR count). The molecular formula is C23H30N6. The molecule has 1 fully saturated rings. The lowest BCUT2D eigenvalue weighted by atomic mass is 9.87. The fourth-order valence-corrected chi connectivity index (χ4v) is 4.07. The first kappa shape index (κ1) is 19.4. The Morgan fingerprint density at radius 3 is 2.55 bits per heavy atom. The Morgan fingerprint density at radius 2 is 1.83 bits per heavy atom. The van der Waals surface area contributed by atoms with Crippen LogP contribution in [0.2, 0.25) is 0 Å². The van der Waals surface area contributed by atoms with Crippen LogP contribution < -0.4 is 10.2 Å². The standard InChI is InChI=1S/C23H30N6/c1-17-9-11-19(12-10-17)26-23-24-14-13-21(27-23)20-15-25-29(22(20)28(2)3)16-18-7-5-4-6-8-18/h4-8,13-15,17,19H,9-12,16H2,1-3H3,(H,24,26,27). The van der Waals surface area contributed by atoms with Crippen molar-refractivity contribution in [2.45, 2.75) is 45.2 Å². The number of anilines is 2. The molecule has 152 valence electrons. The molecule has 2 heterocycles. The van der Waals surface area contributed by atoms with Gasteiger partial charge < -0.3 is 10.2 Å². The molecule has 1 N–H and O–H groups in total. The van der Waals surface area contributed by atoms with Crippen molar-refractivity contribution in [2.75, 3.05) is 24.3 Å². The molecule has 6 nitrogen and oxygen atoms in total. The van der Waals surface area contributed by atoms with Gasteiger partial charge in [-0.2, -0.15) is 5.10 Å². The lowest BCUT2D eigenvalue weighted by molar-refractivity contribution is 0.360. The number of nitrogens with zero attached hydrogens (tertiary/aromatic N) is 5. The third-order valence-corrected chi connectivity index (χ3v) is 5.69. The van der Waals surface area contributed by atoms with Gasteiger partial charge in [0, 0.05) is 26.3 Å². The van der Waals surface area contributed by atoms with E-state index in [0.29, 0.717) is 12.0 Å². The van der Waals surface area contributed by atoms with Gasteiger partial charge in [0.05, 0.1) is 24.0 Å². The predicted octanol–water partition coefficient (Wildman–Crippen LogP) is 4.45. The third-order valence-electron chi connectivity index (χ3n) is 5.69. The lowest BCUT2D eigenvalue weighted by Gasteiger charge is -2.26. The fraction of sp³-hybridized carbons (Fsp3) is 0.435. The molecule has 2 aromatic heterocycles. The molecule has 0 atom stereocenters. The summed E-state index contributed by atoms with van der Waals surface area (Å²) in [5.74, 6) is 2.59. The Morgan fingerprint density at radius 1 is 1.07 bits per heavy atom. The van der Waals surface area contributed by atoms with Gasteiger partial charge in [-0.25, -0.2) is 14.6 Å². The summed E-state index contributed by atoms with van der Waals surface area (Å²) < 4.78 is 2.03. The summed E-state index contributed by atoms with van der Waals surface area (Å²) >= 11 is 0. The van der Waals surface area contributed by atoms with E-state index < -0.39 is 0 Å². The summed E-state index contributed by atoms with van der Waals surface area (Å²) in [6, 6.07) is 12.8. The van der Waals surface area contributed by atoms with E-state index in [9.17, 15) is 0 Å². The summed E-state index contributed by atoms with van der Waals surface area (Å²) in [4.78, 5) is 11.4. The number of aromatic nitrogens is 4. The molecule has 6 heteroatoms. The molecule has 0 saturated heterocycles. The number of hydrogen-bond acceptors (Lipinski definition) is 5. The minimum atomic E-state index is 0.468. The van der Waals surface area contributed by atoms with Gasteiger partial charge in [-0.1, -0.05) is 37.3 Å². The second kappa shape index (κ2) is 8.64. The first-order valence-corrected chi connectivity index (χ1v) is 10.5. The van der Waals surface area contributed by atoms with Crippen molar-refractivity contribution in [3.05, 3.63) is 54.4 Å². The highest BCUT2D eigenvalue weighted by Crippen LogP contribution is 2.30. The van der Waals surface area contributed by atoms with E-state index >= 15 is 0 Å². The molecule has 0 aliphatic heterocycles. The van der Waals surface area contributed by atoms with Crippen LogP contribution in [0, 0.1) is 5.92 Å². The molecule has 1 aromatic carbocycles. The van der Waals surface area contributed by atoms with Crippen LogP contribution in [0.3, 0.4) is 0 Å². The van der Waals surface area contributed by atoms with Crippen molar-refractivity contribution in [1.82, 2.24) is 19.7 Å². The van der Waals surface area contributed by atoms with Gasteiger partial charge in [0.25, 0.3) is 0 Å². The van der Waals surface area contributed by atoms with Crippen LogP contribution in [0.1, 0.15) is 38.2 Å². The van der Waals surface area contributed by atoms with Gasteiger partial charge >= 0.3 is 0 Å². The number of rotatable bonds is 6. The van der Waals surface area contributed by atoms with E-state index in [2.05, 4.69) is 51.5 Å². The highest BCUT2D eigenvalue weighted by Gasteiger charge is 2.20. The van der Waals surface area contributed by atoms with Gasteiger partial charge in [-0.05, 0) is 43.2 Å². The maximum atomic E-state index is 4.82. The van der Waals surface area contributed by atoms with Crippen LogP contribution in [0.4, 0.5) is 11.8 Å². The topological polar surface area (TPSA) is 58.9 Å². The Labute approximate surface area is 173 Å². The van der Waals surface area contributed by atoms with E-state index in [4.69, 9.17) is 4.98 Å². The minimum Gasteiger partial charge on any atom is -0.362 e. The zero-order valence-corrected chi connectivity index (χ0v) is 17.5. The summed E-state index contributed by atoms with van der Waals surface area (Å²) in [5.41, 5.74) is 3.14. The average molecular weight is 391 g/mol. The van der Waals surface area contributed by atoms with Gasteiger partial charge in [-0.3, -0.25) is 0 Å². The summed E-state index contributed by atoms with van der Waals surface area (Å²) in [6.45, 7) is 3.06. The zero-order chi connectivity index (χ0) is 20.2. The highest BCUT2D eigenvalue weighted by molar-refractivity contribution is 5.73. The molecule has 0 unspecified atom stereocenters. The van der Waals surface area contributed by atoms with Crippen molar-refractivity contribution in [3.8, 4) is 11.3 Å². The third kappa shape index (κ3) is 4.58. The maximum absolute atomic E-state index is 4.82. The van der Waals surface area contributed by atoms with Crippen molar-refractivity contribution >= 4 is 11.8 Å². The fourth-order valence-electron chi connectivity index (χ4n) is 4.07. The molecule has 0 bridgehead atoms. The smallest absolute Gasteiger partial charge is 0.223 e. The van der Waals surface area contributed by atoms with Crippen molar-refractivity contribution in [3.63, 3.8) is 0 Å². The van der Waals surface area contributed by atoms with Crippen LogP contribution in [0.25, 0.3) is 11.3 Å². The SMILES string of the molecule is CC1CCC(Nc2nccc(-c3cnn(Cc4ccccc4)c3N(C)C)n2)CC1. The van der Waals surface area contributed by atoms with E-state index in [0.717, 1.165) is 29.5 Å². The van der Waals surface area contributed by atoms with Crippen molar-refractivity contribution in [2.24, 2.45) is 5.92 Å². The van der Waals surface area contributed by atoms with Crippen LogP contribution >= 0.6 is 0 Å². The quantitative estimate of drug-likeness (QED) is 0.674. The van der Waals surface area contributed by atoms with Crippen molar-refractivity contribution in [1.29, 1.82) is 0 Å². The van der Waals surface area contributed by atoms with Crippen LogP contribution in [-0.4, -0.2) is 39.9 Å². The number of benzene rings is 1.